The molecule has 0 amide bonds. The van der Waals surface area contributed by atoms with Crippen LogP contribution in [0, 0.1) is 0 Å². The number of aromatic nitrogens is 2. The maximum absolute atomic E-state index is 12.8. The van der Waals surface area contributed by atoms with Gasteiger partial charge in [0.05, 0.1) is 24.4 Å². The Morgan fingerprint density at radius 3 is 2.70 bits per heavy atom. The number of hydrogen-bond acceptors (Lipinski definition) is 5. The van der Waals surface area contributed by atoms with E-state index in [0.29, 0.717) is 24.4 Å². The van der Waals surface area contributed by atoms with Gasteiger partial charge in [0, 0.05) is 28.8 Å². The molecule has 0 unspecified atom stereocenters. The van der Waals surface area contributed by atoms with Crippen LogP contribution in [0.5, 0.6) is 0 Å². The minimum atomic E-state index is -1.20. The Morgan fingerprint density at radius 1 is 1.19 bits per heavy atom. The molecule has 5 rings (SSSR count). The van der Waals surface area contributed by atoms with Gasteiger partial charge >= 0.3 is 5.97 Å². The first-order valence-corrected chi connectivity index (χ1v) is 8.82. The Bertz CT molecular complexity index is 1180. The van der Waals surface area contributed by atoms with Crippen molar-refractivity contribution in [1.82, 2.24) is 9.55 Å². The number of carboxylic acid groups (broad SMARTS) is 1. The van der Waals surface area contributed by atoms with E-state index in [1.807, 2.05) is 16.7 Å². The summed E-state index contributed by atoms with van der Waals surface area (Å²) in [5.74, 6) is -0.768. The first-order valence-electron chi connectivity index (χ1n) is 8.82. The fraction of sp³-hybridized carbons (Fsp3) is 0.250. The van der Waals surface area contributed by atoms with Crippen LogP contribution in [0.25, 0.3) is 22.0 Å². The number of rotatable bonds is 2. The van der Waals surface area contributed by atoms with Crippen LogP contribution in [0.3, 0.4) is 0 Å². The smallest absolute Gasteiger partial charge is 0.341 e. The molecule has 7 heteroatoms. The van der Waals surface area contributed by atoms with Crippen LogP contribution >= 0.6 is 0 Å². The molecular formula is C20H17N3O4. The molecule has 3 heterocycles. The lowest BCUT2D eigenvalue weighted by Gasteiger charge is -2.17. The Morgan fingerprint density at radius 2 is 1.96 bits per heavy atom. The van der Waals surface area contributed by atoms with Gasteiger partial charge < -0.3 is 20.1 Å². The maximum atomic E-state index is 12.8. The highest BCUT2D eigenvalue weighted by molar-refractivity contribution is 5.96. The maximum Gasteiger partial charge on any atom is 0.341 e. The molecule has 1 aliphatic heterocycles. The SMILES string of the molecule is Nc1ccc2c(n1)COCc1c-2ccc2c(=O)c(C(=O)O)cn(C3CC3)c12. The van der Waals surface area contributed by atoms with Gasteiger partial charge in [-0.15, -0.1) is 0 Å². The normalized spacial score (nSPS) is 15.9. The van der Waals surface area contributed by atoms with E-state index in [1.54, 1.807) is 12.1 Å². The predicted octanol–water partition coefficient (Wildman–Crippen LogP) is 2.71. The fourth-order valence-corrected chi connectivity index (χ4v) is 3.84. The van der Waals surface area contributed by atoms with E-state index >= 15 is 0 Å². The molecule has 1 aliphatic carbocycles. The monoisotopic (exact) mass is 363 g/mol. The zero-order valence-electron chi connectivity index (χ0n) is 14.4. The van der Waals surface area contributed by atoms with Crippen LogP contribution in [0.4, 0.5) is 5.82 Å². The molecule has 3 N–H and O–H groups in total. The Labute approximate surface area is 154 Å². The molecule has 2 aliphatic rings. The zero-order valence-corrected chi connectivity index (χ0v) is 14.4. The average molecular weight is 363 g/mol. The van der Waals surface area contributed by atoms with Crippen molar-refractivity contribution in [3.8, 4) is 11.1 Å². The van der Waals surface area contributed by atoms with E-state index in [4.69, 9.17) is 10.5 Å². The van der Waals surface area contributed by atoms with E-state index in [0.717, 1.165) is 40.7 Å². The minimum Gasteiger partial charge on any atom is -0.477 e. The van der Waals surface area contributed by atoms with Gasteiger partial charge in [-0.2, -0.15) is 0 Å². The number of hydrogen-bond donors (Lipinski definition) is 2. The van der Waals surface area contributed by atoms with Crippen molar-refractivity contribution in [2.45, 2.75) is 32.1 Å². The second-order valence-electron chi connectivity index (χ2n) is 7.03. The number of nitrogen functional groups attached to an aromatic ring is 1. The summed E-state index contributed by atoms with van der Waals surface area (Å²) in [7, 11) is 0. The van der Waals surface area contributed by atoms with Gasteiger partial charge in [-0.25, -0.2) is 9.78 Å². The summed E-state index contributed by atoms with van der Waals surface area (Å²) in [4.78, 5) is 28.7. The molecule has 0 saturated heterocycles. The number of nitrogens with zero attached hydrogens (tertiary/aromatic N) is 2. The molecule has 1 aromatic carbocycles. The predicted molar refractivity (Wildman–Crippen MR) is 99.6 cm³/mol. The third kappa shape index (κ3) is 2.43. The first-order chi connectivity index (χ1) is 13.0. The van der Waals surface area contributed by atoms with Crippen LogP contribution in [-0.2, 0) is 18.0 Å². The Kier molecular flexibility index (Phi) is 3.35. The molecule has 7 nitrogen and oxygen atoms in total. The molecule has 0 spiro atoms. The van der Waals surface area contributed by atoms with Crippen LogP contribution in [0.15, 0.2) is 35.3 Å². The van der Waals surface area contributed by atoms with Gasteiger partial charge in [0.25, 0.3) is 0 Å². The summed E-state index contributed by atoms with van der Waals surface area (Å²) in [6, 6.07) is 7.45. The number of anilines is 1. The number of nitrogens with two attached hydrogens (primary N) is 1. The highest BCUT2D eigenvalue weighted by atomic mass is 16.5. The van der Waals surface area contributed by atoms with Crippen LogP contribution < -0.4 is 11.2 Å². The Hall–Kier alpha value is -3.19. The highest BCUT2D eigenvalue weighted by Gasteiger charge is 2.29. The quantitative estimate of drug-likeness (QED) is 0.725. The second kappa shape index (κ2) is 5.65. The number of carbonyl (C=O) groups is 1. The first kappa shape index (κ1) is 16.0. The number of aromatic carboxylic acids is 1. The van der Waals surface area contributed by atoms with Crippen LogP contribution in [-0.4, -0.2) is 20.6 Å². The van der Waals surface area contributed by atoms with E-state index in [-0.39, 0.29) is 11.6 Å². The molecule has 0 bridgehead atoms. The molecule has 2 aromatic heterocycles. The topological polar surface area (TPSA) is 107 Å². The summed E-state index contributed by atoms with van der Waals surface area (Å²) in [6.45, 7) is 0.652. The summed E-state index contributed by atoms with van der Waals surface area (Å²) < 4.78 is 7.78. The van der Waals surface area contributed by atoms with E-state index in [1.165, 1.54) is 6.20 Å². The number of carboxylic acids is 1. The average Bonchev–Trinajstić information content (AvgIpc) is 3.47. The van der Waals surface area contributed by atoms with Crippen molar-refractivity contribution in [1.29, 1.82) is 0 Å². The summed E-state index contributed by atoms with van der Waals surface area (Å²) in [6.07, 6.45) is 3.42. The Balaban J connectivity index is 1.88. The minimum absolute atomic E-state index is 0.196. The largest absolute Gasteiger partial charge is 0.477 e. The third-order valence-corrected chi connectivity index (χ3v) is 5.24. The standard InChI is InChI=1S/C20H17N3O4/c21-17-6-5-12-11-3-4-13-18(15(11)8-27-9-16(12)22-17)23(10-1-2-10)7-14(19(13)24)20(25)26/h3-7,10H,1-2,8-9H2,(H2,21,22)(H,25,26). The summed E-state index contributed by atoms with van der Waals surface area (Å²) in [5, 5.41) is 9.85. The lowest BCUT2D eigenvalue weighted by molar-refractivity contribution is 0.0695. The third-order valence-electron chi connectivity index (χ3n) is 5.24. The molecule has 1 saturated carbocycles. The number of ether oxygens (including phenoxy) is 1. The lowest BCUT2D eigenvalue weighted by atomic mass is 9.95. The lowest BCUT2D eigenvalue weighted by Crippen LogP contribution is -2.19. The molecule has 136 valence electrons. The van der Waals surface area contributed by atoms with E-state index in [9.17, 15) is 14.7 Å². The van der Waals surface area contributed by atoms with Crippen molar-refractivity contribution in [3.63, 3.8) is 0 Å². The van der Waals surface area contributed by atoms with Gasteiger partial charge in [0.1, 0.15) is 11.4 Å². The molecule has 3 aromatic rings. The van der Waals surface area contributed by atoms with Gasteiger partial charge in [-0.05, 0) is 36.6 Å². The van der Waals surface area contributed by atoms with E-state index in [2.05, 4.69) is 4.98 Å². The van der Waals surface area contributed by atoms with Gasteiger partial charge in [0.15, 0.2) is 0 Å². The van der Waals surface area contributed by atoms with Gasteiger partial charge in [-0.3, -0.25) is 4.79 Å². The highest BCUT2D eigenvalue weighted by Crippen LogP contribution is 2.41. The van der Waals surface area contributed by atoms with Crippen LogP contribution in [0.2, 0.25) is 0 Å². The van der Waals surface area contributed by atoms with Gasteiger partial charge in [0.2, 0.25) is 5.43 Å². The van der Waals surface area contributed by atoms with Crippen molar-refractivity contribution in [3.05, 3.63) is 57.5 Å². The summed E-state index contributed by atoms with van der Waals surface area (Å²) >= 11 is 0. The summed E-state index contributed by atoms with van der Waals surface area (Å²) in [5.41, 5.74) is 9.43. The fourth-order valence-electron chi connectivity index (χ4n) is 3.84. The number of pyridine rings is 2. The van der Waals surface area contributed by atoms with E-state index < -0.39 is 11.4 Å². The number of fused-ring (bicyclic) bond motifs is 5. The van der Waals surface area contributed by atoms with Crippen molar-refractivity contribution >= 4 is 22.7 Å². The van der Waals surface area contributed by atoms with Crippen molar-refractivity contribution < 1.29 is 14.6 Å². The molecule has 27 heavy (non-hydrogen) atoms. The second-order valence-corrected chi connectivity index (χ2v) is 7.03. The molecule has 1 fully saturated rings. The van der Waals surface area contributed by atoms with Crippen LogP contribution in [0.1, 0.15) is 40.5 Å². The molecule has 0 atom stereocenters. The zero-order chi connectivity index (χ0) is 18.7. The van der Waals surface area contributed by atoms with Crippen molar-refractivity contribution in [2.75, 3.05) is 5.73 Å². The number of benzene rings is 1. The molecular weight excluding hydrogens is 346 g/mol. The van der Waals surface area contributed by atoms with Gasteiger partial charge in [-0.1, -0.05) is 6.07 Å². The van der Waals surface area contributed by atoms with Crippen molar-refractivity contribution in [2.24, 2.45) is 0 Å². The molecule has 0 radical (unpaired) electrons.